The summed E-state index contributed by atoms with van der Waals surface area (Å²) in [4.78, 5) is 0. The lowest BCUT2D eigenvalue weighted by Crippen LogP contribution is -2.50. The van der Waals surface area contributed by atoms with E-state index in [1.54, 1.807) is 0 Å². The van der Waals surface area contributed by atoms with Crippen LogP contribution in [0, 0.1) is 5.92 Å². The molecule has 0 aromatic rings. The molecule has 0 aromatic carbocycles. The minimum Gasteiger partial charge on any atom is -0.389 e. The van der Waals surface area contributed by atoms with E-state index >= 15 is 0 Å². The van der Waals surface area contributed by atoms with Crippen molar-refractivity contribution in [3.8, 4) is 0 Å². The smallest absolute Gasteiger partial charge is 0.0771 e. The third kappa shape index (κ3) is 2.29. The maximum atomic E-state index is 9.96. The molecule has 2 aliphatic carbocycles. The molecule has 0 aromatic heterocycles. The van der Waals surface area contributed by atoms with Crippen LogP contribution in [0.5, 0.6) is 0 Å². The molecule has 2 N–H and O–H groups in total. The Morgan fingerprint density at radius 3 is 2.50 bits per heavy atom. The Morgan fingerprint density at radius 2 is 1.93 bits per heavy atom. The van der Waals surface area contributed by atoms with Crippen molar-refractivity contribution in [3.05, 3.63) is 0 Å². The summed E-state index contributed by atoms with van der Waals surface area (Å²) in [7, 11) is 0. The molecule has 0 bridgehead atoms. The zero-order chi connectivity index (χ0) is 10.0. The second kappa shape index (κ2) is 4.19. The Kier molecular flexibility index (Phi) is 3.13. The van der Waals surface area contributed by atoms with Crippen LogP contribution in [0.1, 0.15) is 51.9 Å². The number of hydrogen-bond donors (Lipinski definition) is 2. The van der Waals surface area contributed by atoms with Crippen LogP contribution in [-0.2, 0) is 0 Å². The standard InChI is InChI=1S/C12H23NO/c1-10-5-2-3-6-11(10)13-9-12(14)7-4-8-12/h10-11,13-14H,2-9H2,1H3. The average Bonchev–Trinajstić information content (AvgIpc) is 2.14. The minimum atomic E-state index is -0.350. The summed E-state index contributed by atoms with van der Waals surface area (Å²) in [5, 5.41) is 13.5. The lowest BCUT2D eigenvalue weighted by molar-refractivity contribution is -0.0351. The highest BCUT2D eigenvalue weighted by Crippen LogP contribution is 2.31. The van der Waals surface area contributed by atoms with Gasteiger partial charge in [0.15, 0.2) is 0 Å². The van der Waals surface area contributed by atoms with Crippen molar-refractivity contribution in [2.75, 3.05) is 6.54 Å². The molecule has 2 unspecified atom stereocenters. The molecule has 2 nitrogen and oxygen atoms in total. The summed E-state index contributed by atoms with van der Waals surface area (Å²) in [5.41, 5.74) is -0.350. The SMILES string of the molecule is CC1CCCCC1NCC1(O)CCC1. The van der Waals surface area contributed by atoms with Crippen molar-refractivity contribution in [1.29, 1.82) is 0 Å². The van der Waals surface area contributed by atoms with Crippen molar-refractivity contribution in [2.24, 2.45) is 5.92 Å². The first-order valence-corrected chi connectivity index (χ1v) is 6.15. The maximum absolute atomic E-state index is 9.96. The Labute approximate surface area is 87.1 Å². The zero-order valence-electron chi connectivity index (χ0n) is 9.26. The van der Waals surface area contributed by atoms with Gasteiger partial charge in [0.05, 0.1) is 5.60 Å². The highest BCUT2D eigenvalue weighted by molar-refractivity contribution is 4.91. The number of rotatable bonds is 3. The lowest BCUT2D eigenvalue weighted by atomic mass is 9.79. The van der Waals surface area contributed by atoms with Crippen molar-refractivity contribution in [3.63, 3.8) is 0 Å². The van der Waals surface area contributed by atoms with Crippen molar-refractivity contribution >= 4 is 0 Å². The van der Waals surface area contributed by atoms with Crippen LogP contribution in [0.15, 0.2) is 0 Å². The van der Waals surface area contributed by atoms with E-state index in [1.165, 1.54) is 32.1 Å². The van der Waals surface area contributed by atoms with E-state index in [2.05, 4.69) is 12.2 Å². The van der Waals surface area contributed by atoms with Crippen molar-refractivity contribution in [2.45, 2.75) is 63.5 Å². The van der Waals surface area contributed by atoms with E-state index in [1.807, 2.05) is 0 Å². The first-order chi connectivity index (χ1) is 6.70. The van der Waals surface area contributed by atoms with E-state index in [0.29, 0.717) is 6.04 Å². The molecule has 2 atom stereocenters. The normalized spacial score (nSPS) is 36.4. The molecule has 14 heavy (non-hydrogen) atoms. The van der Waals surface area contributed by atoms with Gasteiger partial charge in [-0.15, -0.1) is 0 Å². The first kappa shape index (κ1) is 10.4. The number of hydrogen-bond acceptors (Lipinski definition) is 2. The molecule has 82 valence electrons. The molecule has 0 radical (unpaired) electrons. The molecule has 2 saturated carbocycles. The molecule has 0 spiro atoms. The highest BCUT2D eigenvalue weighted by Gasteiger charge is 2.35. The van der Waals surface area contributed by atoms with Gasteiger partial charge in [-0.3, -0.25) is 0 Å². The molecule has 0 saturated heterocycles. The van der Waals surface area contributed by atoms with Gasteiger partial charge >= 0.3 is 0 Å². The van der Waals surface area contributed by atoms with Crippen molar-refractivity contribution < 1.29 is 5.11 Å². The molecular formula is C12H23NO. The van der Waals surface area contributed by atoms with Gasteiger partial charge in [-0.05, 0) is 38.0 Å². The summed E-state index contributed by atoms with van der Waals surface area (Å²) in [6, 6.07) is 0.661. The number of aliphatic hydroxyl groups is 1. The molecular weight excluding hydrogens is 174 g/mol. The van der Waals surface area contributed by atoms with Gasteiger partial charge in [0.1, 0.15) is 0 Å². The third-order valence-corrected chi connectivity index (χ3v) is 4.09. The average molecular weight is 197 g/mol. The van der Waals surface area contributed by atoms with Gasteiger partial charge in [0.25, 0.3) is 0 Å². The minimum absolute atomic E-state index is 0.350. The van der Waals surface area contributed by atoms with Crippen LogP contribution in [-0.4, -0.2) is 23.3 Å². The second-order valence-corrected chi connectivity index (χ2v) is 5.33. The molecule has 2 aliphatic rings. The maximum Gasteiger partial charge on any atom is 0.0771 e. The van der Waals surface area contributed by atoms with E-state index < -0.39 is 0 Å². The van der Waals surface area contributed by atoms with E-state index in [0.717, 1.165) is 25.3 Å². The van der Waals surface area contributed by atoms with Gasteiger partial charge in [-0.1, -0.05) is 19.8 Å². The molecule has 2 rings (SSSR count). The van der Waals surface area contributed by atoms with Crippen molar-refractivity contribution in [1.82, 2.24) is 5.32 Å². The van der Waals surface area contributed by atoms with Crippen LogP contribution in [0.25, 0.3) is 0 Å². The molecule has 0 heterocycles. The van der Waals surface area contributed by atoms with E-state index in [4.69, 9.17) is 0 Å². The fourth-order valence-corrected chi connectivity index (χ4v) is 2.70. The lowest BCUT2D eigenvalue weighted by Gasteiger charge is -2.39. The highest BCUT2D eigenvalue weighted by atomic mass is 16.3. The first-order valence-electron chi connectivity index (χ1n) is 6.15. The van der Waals surface area contributed by atoms with Gasteiger partial charge in [0, 0.05) is 12.6 Å². The summed E-state index contributed by atoms with van der Waals surface area (Å²) in [5.74, 6) is 0.799. The number of nitrogens with one attached hydrogen (secondary N) is 1. The Bertz CT molecular complexity index is 189. The summed E-state index contributed by atoms with van der Waals surface area (Å²) < 4.78 is 0. The largest absolute Gasteiger partial charge is 0.389 e. The van der Waals surface area contributed by atoms with Gasteiger partial charge in [-0.2, -0.15) is 0 Å². The van der Waals surface area contributed by atoms with Gasteiger partial charge < -0.3 is 10.4 Å². The summed E-state index contributed by atoms with van der Waals surface area (Å²) in [6.45, 7) is 3.16. The predicted octanol–water partition coefficient (Wildman–Crippen LogP) is 2.07. The fraction of sp³-hybridized carbons (Fsp3) is 1.00. The Balaban J connectivity index is 1.73. The molecule has 2 heteroatoms. The Morgan fingerprint density at radius 1 is 1.21 bits per heavy atom. The van der Waals surface area contributed by atoms with Crippen LogP contribution in [0.3, 0.4) is 0 Å². The topological polar surface area (TPSA) is 32.3 Å². The van der Waals surface area contributed by atoms with Gasteiger partial charge in [0.2, 0.25) is 0 Å². The van der Waals surface area contributed by atoms with Crippen LogP contribution in [0.4, 0.5) is 0 Å². The Hall–Kier alpha value is -0.0800. The van der Waals surface area contributed by atoms with E-state index in [-0.39, 0.29) is 5.60 Å². The zero-order valence-corrected chi connectivity index (χ0v) is 9.26. The van der Waals surface area contributed by atoms with Crippen LogP contribution >= 0.6 is 0 Å². The predicted molar refractivity (Wildman–Crippen MR) is 58.2 cm³/mol. The van der Waals surface area contributed by atoms with Crippen LogP contribution in [0.2, 0.25) is 0 Å². The van der Waals surface area contributed by atoms with Crippen LogP contribution < -0.4 is 5.32 Å². The van der Waals surface area contributed by atoms with Gasteiger partial charge in [-0.25, -0.2) is 0 Å². The quantitative estimate of drug-likeness (QED) is 0.726. The monoisotopic (exact) mass is 197 g/mol. The molecule has 0 aliphatic heterocycles. The summed E-state index contributed by atoms with van der Waals surface area (Å²) in [6.07, 6.45) is 8.62. The molecule has 2 fully saturated rings. The second-order valence-electron chi connectivity index (χ2n) is 5.33. The molecule has 0 amide bonds. The summed E-state index contributed by atoms with van der Waals surface area (Å²) >= 11 is 0. The third-order valence-electron chi connectivity index (χ3n) is 4.09. The fourth-order valence-electron chi connectivity index (χ4n) is 2.70. The van der Waals surface area contributed by atoms with E-state index in [9.17, 15) is 5.11 Å².